The molecule has 0 aliphatic carbocycles. The molecule has 0 radical (unpaired) electrons. The van der Waals surface area contributed by atoms with Crippen LogP contribution in [0.15, 0.2) is 18.2 Å². The van der Waals surface area contributed by atoms with E-state index in [1.54, 1.807) is 12.1 Å². The van der Waals surface area contributed by atoms with E-state index in [0.717, 1.165) is 16.9 Å². The van der Waals surface area contributed by atoms with Crippen molar-refractivity contribution in [1.29, 1.82) is 0 Å². The largest absolute Gasteiger partial charge is 0.327 e. The summed E-state index contributed by atoms with van der Waals surface area (Å²) in [6.07, 6.45) is 0. The van der Waals surface area contributed by atoms with Gasteiger partial charge in [-0.25, -0.2) is 9.07 Å². The zero-order valence-electron chi connectivity index (χ0n) is 10.9. The molecule has 0 bridgehead atoms. The van der Waals surface area contributed by atoms with Gasteiger partial charge in [-0.1, -0.05) is 11.6 Å². The van der Waals surface area contributed by atoms with Crippen molar-refractivity contribution in [3.05, 3.63) is 39.5 Å². The van der Waals surface area contributed by atoms with Gasteiger partial charge in [0.25, 0.3) is 0 Å². The Hall–Kier alpha value is -1.66. The highest BCUT2D eigenvalue weighted by molar-refractivity contribution is 7.71. The maximum absolute atomic E-state index is 13.3. The number of H-pyrrole nitrogens is 1. The summed E-state index contributed by atoms with van der Waals surface area (Å²) in [5, 5.41) is 4.51. The standard InChI is InChI=1S/C13H12ClFN4S/c1-3-18-12-11(7(2)17-18)16-13(20)19(12)8-4-5-10(15)9(14)6-8/h4-6H,3H2,1-2H3,(H,16,20). The minimum atomic E-state index is -0.450. The second kappa shape index (κ2) is 4.71. The molecule has 104 valence electrons. The van der Waals surface area contributed by atoms with Crippen LogP contribution in [0.1, 0.15) is 12.6 Å². The summed E-state index contributed by atoms with van der Waals surface area (Å²) in [7, 11) is 0. The Morgan fingerprint density at radius 3 is 2.85 bits per heavy atom. The van der Waals surface area contributed by atoms with Crippen LogP contribution < -0.4 is 0 Å². The molecule has 7 heteroatoms. The van der Waals surface area contributed by atoms with Gasteiger partial charge in [0.1, 0.15) is 11.3 Å². The minimum absolute atomic E-state index is 0.0676. The maximum Gasteiger partial charge on any atom is 0.184 e. The van der Waals surface area contributed by atoms with Crippen molar-refractivity contribution >= 4 is 35.0 Å². The van der Waals surface area contributed by atoms with E-state index in [1.165, 1.54) is 6.07 Å². The van der Waals surface area contributed by atoms with E-state index in [1.807, 2.05) is 23.1 Å². The monoisotopic (exact) mass is 310 g/mol. The highest BCUT2D eigenvalue weighted by atomic mass is 35.5. The van der Waals surface area contributed by atoms with E-state index in [4.69, 9.17) is 23.8 Å². The number of fused-ring (bicyclic) bond motifs is 1. The van der Waals surface area contributed by atoms with Crippen molar-refractivity contribution in [3.8, 4) is 5.69 Å². The van der Waals surface area contributed by atoms with E-state index >= 15 is 0 Å². The summed E-state index contributed by atoms with van der Waals surface area (Å²) in [5.74, 6) is -0.450. The van der Waals surface area contributed by atoms with Gasteiger partial charge in [0.2, 0.25) is 0 Å². The third-order valence-electron chi connectivity index (χ3n) is 3.21. The second-order valence-corrected chi connectivity index (χ2v) is 5.26. The molecule has 2 heterocycles. The summed E-state index contributed by atoms with van der Waals surface area (Å²) >= 11 is 11.2. The lowest BCUT2D eigenvalue weighted by Crippen LogP contribution is -2.03. The fourth-order valence-corrected chi connectivity index (χ4v) is 2.75. The van der Waals surface area contributed by atoms with Crippen LogP contribution in [0.4, 0.5) is 4.39 Å². The average molecular weight is 311 g/mol. The van der Waals surface area contributed by atoms with Gasteiger partial charge in [-0.2, -0.15) is 5.10 Å². The van der Waals surface area contributed by atoms with Crippen LogP contribution in [0.2, 0.25) is 5.02 Å². The normalized spacial score (nSPS) is 11.4. The van der Waals surface area contributed by atoms with Crippen LogP contribution in [0.5, 0.6) is 0 Å². The number of rotatable bonds is 2. The number of hydrogen-bond donors (Lipinski definition) is 1. The number of aryl methyl sites for hydroxylation is 2. The lowest BCUT2D eigenvalue weighted by Gasteiger charge is -2.07. The number of aromatic amines is 1. The molecular formula is C13H12ClFN4S. The van der Waals surface area contributed by atoms with Gasteiger partial charge >= 0.3 is 0 Å². The highest BCUT2D eigenvalue weighted by Crippen LogP contribution is 2.25. The Morgan fingerprint density at radius 1 is 1.45 bits per heavy atom. The molecule has 0 unspecified atom stereocenters. The summed E-state index contributed by atoms with van der Waals surface area (Å²) in [5.41, 5.74) is 3.33. The third kappa shape index (κ3) is 1.87. The molecule has 4 nitrogen and oxygen atoms in total. The van der Waals surface area contributed by atoms with Crippen molar-refractivity contribution < 1.29 is 4.39 Å². The first-order valence-corrected chi connectivity index (χ1v) is 6.95. The Bertz CT molecular complexity index is 861. The summed E-state index contributed by atoms with van der Waals surface area (Å²) in [6.45, 7) is 4.64. The van der Waals surface area contributed by atoms with Crippen LogP contribution in [-0.2, 0) is 6.54 Å². The fraction of sp³-hybridized carbons (Fsp3) is 0.231. The molecule has 0 saturated heterocycles. The molecule has 0 saturated carbocycles. The summed E-state index contributed by atoms with van der Waals surface area (Å²) in [4.78, 5) is 3.14. The molecule has 0 amide bonds. The fourth-order valence-electron chi connectivity index (χ4n) is 2.29. The Balaban J connectivity index is 2.37. The third-order valence-corrected chi connectivity index (χ3v) is 3.78. The predicted molar refractivity (Wildman–Crippen MR) is 79.6 cm³/mol. The molecule has 1 N–H and O–H groups in total. The van der Waals surface area contributed by atoms with Crippen LogP contribution in [0, 0.1) is 17.5 Å². The number of nitrogens with one attached hydrogen (secondary N) is 1. The average Bonchev–Trinajstić information content (AvgIpc) is 2.90. The Morgan fingerprint density at radius 2 is 2.20 bits per heavy atom. The number of nitrogens with zero attached hydrogens (tertiary/aromatic N) is 3. The van der Waals surface area contributed by atoms with Crippen molar-refractivity contribution in [3.63, 3.8) is 0 Å². The molecule has 0 aliphatic heterocycles. The topological polar surface area (TPSA) is 38.5 Å². The van der Waals surface area contributed by atoms with Crippen molar-refractivity contribution in [2.24, 2.45) is 0 Å². The van der Waals surface area contributed by atoms with E-state index in [-0.39, 0.29) is 5.02 Å². The number of benzene rings is 1. The van der Waals surface area contributed by atoms with Gasteiger partial charge in [-0.3, -0.25) is 4.57 Å². The first-order chi connectivity index (χ1) is 9.52. The lowest BCUT2D eigenvalue weighted by atomic mass is 10.3. The molecule has 3 rings (SSSR count). The minimum Gasteiger partial charge on any atom is -0.327 e. The molecule has 20 heavy (non-hydrogen) atoms. The van der Waals surface area contributed by atoms with E-state index in [0.29, 0.717) is 17.0 Å². The smallest absolute Gasteiger partial charge is 0.184 e. The van der Waals surface area contributed by atoms with Crippen LogP contribution in [0.25, 0.3) is 16.9 Å². The zero-order chi connectivity index (χ0) is 14.4. The first-order valence-electron chi connectivity index (χ1n) is 6.16. The van der Waals surface area contributed by atoms with Crippen LogP contribution in [-0.4, -0.2) is 19.3 Å². The molecule has 3 aromatic rings. The maximum atomic E-state index is 13.3. The van der Waals surface area contributed by atoms with Gasteiger partial charge in [0.15, 0.2) is 10.4 Å². The van der Waals surface area contributed by atoms with Crippen molar-refractivity contribution in [2.45, 2.75) is 20.4 Å². The highest BCUT2D eigenvalue weighted by Gasteiger charge is 2.15. The number of halogens is 2. The summed E-state index contributed by atoms with van der Waals surface area (Å²) < 4.78 is 17.5. The zero-order valence-corrected chi connectivity index (χ0v) is 12.5. The van der Waals surface area contributed by atoms with Crippen LogP contribution in [0.3, 0.4) is 0 Å². The summed E-state index contributed by atoms with van der Waals surface area (Å²) in [6, 6.07) is 4.53. The van der Waals surface area contributed by atoms with E-state index < -0.39 is 5.82 Å². The molecule has 2 aromatic heterocycles. The van der Waals surface area contributed by atoms with Gasteiger partial charge in [0, 0.05) is 6.54 Å². The SMILES string of the molecule is CCn1nc(C)c2[nH]c(=S)n(-c3ccc(F)c(Cl)c3)c21. The van der Waals surface area contributed by atoms with Gasteiger partial charge in [-0.05, 0) is 44.3 Å². The van der Waals surface area contributed by atoms with Gasteiger partial charge in [0.05, 0.1) is 16.4 Å². The van der Waals surface area contributed by atoms with Crippen LogP contribution >= 0.6 is 23.8 Å². The molecule has 0 fully saturated rings. The van der Waals surface area contributed by atoms with E-state index in [2.05, 4.69) is 10.1 Å². The molecule has 0 spiro atoms. The lowest BCUT2D eigenvalue weighted by molar-refractivity contribution is 0.627. The molecular weight excluding hydrogens is 299 g/mol. The number of hydrogen-bond acceptors (Lipinski definition) is 2. The first kappa shape index (κ1) is 13.3. The van der Waals surface area contributed by atoms with Crippen molar-refractivity contribution in [2.75, 3.05) is 0 Å². The molecule has 1 aromatic carbocycles. The molecule has 0 atom stereocenters. The molecule has 0 aliphatic rings. The van der Waals surface area contributed by atoms with Crippen molar-refractivity contribution in [1.82, 2.24) is 19.3 Å². The number of aromatic nitrogens is 4. The quantitative estimate of drug-likeness (QED) is 0.726. The Kier molecular flexibility index (Phi) is 3.14. The van der Waals surface area contributed by atoms with E-state index in [9.17, 15) is 4.39 Å². The predicted octanol–water partition coefficient (Wildman–Crippen LogP) is 4.01. The Labute approximate surface area is 124 Å². The second-order valence-electron chi connectivity index (χ2n) is 4.46. The number of imidazole rings is 1. The van der Waals surface area contributed by atoms with Gasteiger partial charge in [-0.15, -0.1) is 0 Å². The van der Waals surface area contributed by atoms with Gasteiger partial charge < -0.3 is 4.98 Å².